The van der Waals surface area contributed by atoms with Gasteiger partial charge in [0.2, 0.25) is 10.0 Å². The summed E-state index contributed by atoms with van der Waals surface area (Å²) < 4.78 is 65.7. The number of hydrogen-bond donors (Lipinski definition) is 1. The molecule has 9 heteroatoms. The summed E-state index contributed by atoms with van der Waals surface area (Å²) >= 11 is 0. The molecule has 0 unspecified atom stereocenters. The van der Waals surface area contributed by atoms with Crippen molar-refractivity contribution in [2.24, 2.45) is 0 Å². The van der Waals surface area contributed by atoms with E-state index in [1.807, 2.05) is 0 Å². The molecule has 2 aromatic carbocycles. The number of sulfonamides is 2. The molecule has 134 valence electrons. The van der Waals surface area contributed by atoms with Gasteiger partial charge in [0.15, 0.2) is 0 Å². The first-order valence-corrected chi connectivity index (χ1v) is 10.7. The molecule has 0 bridgehead atoms. The van der Waals surface area contributed by atoms with Crippen molar-refractivity contribution in [1.29, 1.82) is 0 Å². The quantitative estimate of drug-likeness (QED) is 0.878. The largest absolute Gasteiger partial charge is 0.280 e. The third-order valence-corrected chi connectivity index (χ3v) is 7.21. The van der Waals surface area contributed by atoms with Gasteiger partial charge in [-0.2, -0.15) is 0 Å². The fourth-order valence-electron chi connectivity index (χ4n) is 2.68. The van der Waals surface area contributed by atoms with Crippen molar-refractivity contribution < 1.29 is 21.2 Å². The van der Waals surface area contributed by atoms with E-state index in [1.54, 1.807) is 19.1 Å². The van der Waals surface area contributed by atoms with Crippen molar-refractivity contribution >= 4 is 31.4 Å². The van der Waals surface area contributed by atoms with Crippen molar-refractivity contribution in [3.8, 4) is 0 Å². The highest BCUT2D eigenvalue weighted by Crippen LogP contribution is 2.30. The first-order valence-electron chi connectivity index (χ1n) is 7.58. The van der Waals surface area contributed by atoms with Gasteiger partial charge < -0.3 is 0 Å². The molecule has 1 aliphatic heterocycles. The Balaban J connectivity index is 1.94. The van der Waals surface area contributed by atoms with Crippen LogP contribution in [0.3, 0.4) is 0 Å². The fourth-order valence-corrected chi connectivity index (χ4v) is 5.35. The van der Waals surface area contributed by atoms with Gasteiger partial charge >= 0.3 is 0 Å². The second-order valence-electron chi connectivity index (χ2n) is 5.80. The van der Waals surface area contributed by atoms with Crippen LogP contribution in [0.2, 0.25) is 0 Å². The Bertz CT molecular complexity index is 1000. The van der Waals surface area contributed by atoms with E-state index in [1.165, 1.54) is 10.4 Å². The van der Waals surface area contributed by atoms with Crippen LogP contribution in [0.4, 0.5) is 15.8 Å². The molecule has 1 saturated heterocycles. The van der Waals surface area contributed by atoms with Gasteiger partial charge in [-0.25, -0.2) is 21.2 Å². The number of hydrogen-bond acceptors (Lipinski definition) is 4. The van der Waals surface area contributed by atoms with E-state index in [-0.39, 0.29) is 16.3 Å². The molecule has 0 amide bonds. The SMILES string of the molecule is Cc1ccc(NS(=O)(=O)c2ccc(F)cc2)cc1N1CCCS1(=O)=O. The van der Waals surface area contributed by atoms with Gasteiger partial charge in [-0.05, 0) is 55.3 Å². The highest BCUT2D eigenvalue weighted by Gasteiger charge is 2.29. The minimum atomic E-state index is -3.90. The summed E-state index contributed by atoms with van der Waals surface area (Å²) in [6, 6.07) is 9.17. The van der Waals surface area contributed by atoms with Gasteiger partial charge in [0.1, 0.15) is 5.82 Å². The predicted octanol–water partition coefficient (Wildman–Crippen LogP) is 2.47. The summed E-state index contributed by atoms with van der Waals surface area (Å²) in [5.74, 6) is -0.450. The van der Waals surface area contributed by atoms with Crippen LogP contribution in [-0.4, -0.2) is 29.1 Å². The lowest BCUT2D eigenvalue weighted by Gasteiger charge is -2.20. The van der Waals surface area contributed by atoms with Crippen LogP contribution in [0.25, 0.3) is 0 Å². The smallest absolute Gasteiger partial charge is 0.261 e. The molecular weight excluding hydrogens is 367 g/mol. The maximum absolute atomic E-state index is 13.0. The number of rotatable bonds is 4. The molecule has 6 nitrogen and oxygen atoms in total. The molecule has 1 fully saturated rings. The Morgan fingerprint density at radius 3 is 2.40 bits per heavy atom. The van der Waals surface area contributed by atoms with E-state index in [0.717, 1.165) is 29.8 Å². The van der Waals surface area contributed by atoms with Crippen LogP contribution in [0.15, 0.2) is 47.4 Å². The number of anilines is 2. The number of halogens is 1. The Hall–Kier alpha value is -2.13. The molecule has 0 aromatic heterocycles. The average molecular weight is 384 g/mol. The maximum atomic E-state index is 13.0. The lowest BCUT2D eigenvalue weighted by molar-refractivity contribution is 0.598. The molecule has 0 radical (unpaired) electrons. The molecule has 25 heavy (non-hydrogen) atoms. The van der Waals surface area contributed by atoms with Crippen LogP contribution in [0, 0.1) is 12.7 Å². The summed E-state index contributed by atoms with van der Waals surface area (Å²) in [7, 11) is -7.26. The van der Waals surface area contributed by atoms with Crippen molar-refractivity contribution in [2.45, 2.75) is 18.2 Å². The first kappa shape index (κ1) is 17.7. The standard InChI is InChI=1S/C16H17FN2O4S2/c1-12-3-6-14(11-16(12)19-9-2-10-24(19,20)21)18-25(22,23)15-7-4-13(17)5-8-15/h3-8,11,18H,2,9-10H2,1H3. The van der Waals surface area contributed by atoms with Crippen molar-refractivity contribution in [1.82, 2.24) is 0 Å². The Morgan fingerprint density at radius 1 is 1.12 bits per heavy atom. The second-order valence-corrected chi connectivity index (χ2v) is 9.50. The van der Waals surface area contributed by atoms with Gasteiger partial charge in [0.05, 0.1) is 22.0 Å². The average Bonchev–Trinajstić information content (AvgIpc) is 2.88. The highest BCUT2D eigenvalue weighted by molar-refractivity contribution is 7.93. The molecule has 0 atom stereocenters. The highest BCUT2D eigenvalue weighted by atomic mass is 32.2. The summed E-state index contributed by atoms with van der Waals surface area (Å²) in [6.45, 7) is 2.14. The van der Waals surface area contributed by atoms with Gasteiger partial charge in [-0.15, -0.1) is 0 Å². The molecule has 1 aliphatic rings. The zero-order chi connectivity index (χ0) is 18.2. The molecule has 0 aliphatic carbocycles. The van der Waals surface area contributed by atoms with E-state index in [2.05, 4.69) is 4.72 Å². The Morgan fingerprint density at radius 2 is 1.80 bits per heavy atom. The second kappa shape index (κ2) is 6.30. The van der Waals surface area contributed by atoms with Crippen molar-refractivity contribution in [3.05, 3.63) is 53.8 Å². The molecule has 3 rings (SSSR count). The van der Waals surface area contributed by atoms with Crippen molar-refractivity contribution in [2.75, 3.05) is 21.3 Å². The van der Waals surface area contributed by atoms with Gasteiger partial charge in [-0.3, -0.25) is 9.03 Å². The van der Waals surface area contributed by atoms with E-state index in [4.69, 9.17) is 0 Å². The first-order chi connectivity index (χ1) is 11.7. The molecule has 1 N–H and O–H groups in total. The molecule has 2 aromatic rings. The van der Waals surface area contributed by atoms with E-state index < -0.39 is 25.9 Å². The molecule has 0 spiro atoms. The topological polar surface area (TPSA) is 83.6 Å². The Labute approximate surface area is 146 Å². The van der Waals surface area contributed by atoms with E-state index >= 15 is 0 Å². The number of nitrogens with one attached hydrogen (secondary N) is 1. The predicted molar refractivity (Wildman–Crippen MR) is 94.1 cm³/mol. The van der Waals surface area contributed by atoms with Crippen LogP contribution in [0.5, 0.6) is 0 Å². The molecular formula is C16H17FN2O4S2. The monoisotopic (exact) mass is 384 g/mol. The van der Waals surface area contributed by atoms with Crippen LogP contribution in [0.1, 0.15) is 12.0 Å². The van der Waals surface area contributed by atoms with Gasteiger partial charge in [0.25, 0.3) is 10.0 Å². The molecule has 1 heterocycles. The van der Waals surface area contributed by atoms with E-state index in [9.17, 15) is 21.2 Å². The van der Waals surface area contributed by atoms with Crippen LogP contribution in [-0.2, 0) is 20.0 Å². The number of aryl methyl sites for hydroxylation is 1. The van der Waals surface area contributed by atoms with Crippen LogP contribution >= 0.6 is 0 Å². The normalized spacial score (nSPS) is 16.8. The minimum Gasteiger partial charge on any atom is -0.280 e. The maximum Gasteiger partial charge on any atom is 0.261 e. The third kappa shape index (κ3) is 3.62. The lowest BCUT2D eigenvalue weighted by Crippen LogP contribution is -2.26. The fraction of sp³-hybridized carbons (Fsp3) is 0.250. The summed E-state index contributed by atoms with van der Waals surface area (Å²) in [4.78, 5) is -0.0789. The Kier molecular flexibility index (Phi) is 4.46. The lowest BCUT2D eigenvalue weighted by atomic mass is 10.2. The van der Waals surface area contributed by atoms with Crippen molar-refractivity contribution in [3.63, 3.8) is 0 Å². The van der Waals surface area contributed by atoms with Gasteiger partial charge in [0, 0.05) is 6.54 Å². The van der Waals surface area contributed by atoms with Crippen LogP contribution < -0.4 is 9.03 Å². The number of nitrogens with zero attached hydrogens (tertiary/aromatic N) is 1. The third-order valence-electron chi connectivity index (χ3n) is 3.95. The van der Waals surface area contributed by atoms with E-state index in [0.29, 0.717) is 18.7 Å². The number of benzene rings is 2. The van der Waals surface area contributed by atoms with Gasteiger partial charge in [-0.1, -0.05) is 6.07 Å². The summed E-state index contributed by atoms with van der Waals surface area (Å²) in [6.07, 6.45) is 0.535. The zero-order valence-electron chi connectivity index (χ0n) is 13.4. The molecule has 0 saturated carbocycles. The summed E-state index contributed by atoms with van der Waals surface area (Å²) in [5.41, 5.74) is 1.43. The summed E-state index contributed by atoms with van der Waals surface area (Å²) in [5, 5.41) is 0. The minimum absolute atomic E-state index is 0.0789. The zero-order valence-corrected chi connectivity index (χ0v) is 15.1.